The lowest BCUT2D eigenvalue weighted by molar-refractivity contribution is -0.117. The fourth-order valence-corrected chi connectivity index (χ4v) is 3.66. The standard InChI is InChI=1S/C21H21N5O2/c1-11(20(27)23-3)9-26-10-18-16(7-14(22)8-17(18)21(26)28)13-4-5-19-15(6-13)12(2)24-25-19/h4-8H,1,9-10,22H2,2-3H3,(H,23,27)(H,24,25). The number of hydrogen-bond acceptors (Lipinski definition) is 4. The zero-order chi connectivity index (χ0) is 20.0. The van der Waals surface area contributed by atoms with Crippen LogP contribution in [0.15, 0.2) is 42.5 Å². The number of fused-ring (bicyclic) bond motifs is 2. The first kappa shape index (κ1) is 17.8. The first-order chi connectivity index (χ1) is 13.4. The average molecular weight is 375 g/mol. The van der Waals surface area contributed by atoms with Gasteiger partial charge in [0.05, 0.1) is 12.1 Å². The van der Waals surface area contributed by atoms with Gasteiger partial charge in [0.2, 0.25) is 5.91 Å². The lowest BCUT2D eigenvalue weighted by atomic mass is 9.95. The molecule has 7 heteroatoms. The van der Waals surface area contributed by atoms with E-state index in [1.54, 1.807) is 18.0 Å². The molecule has 28 heavy (non-hydrogen) atoms. The highest BCUT2D eigenvalue weighted by Gasteiger charge is 2.31. The highest BCUT2D eigenvalue weighted by Crippen LogP contribution is 2.36. The number of H-pyrrole nitrogens is 1. The van der Waals surface area contributed by atoms with Gasteiger partial charge in [-0.2, -0.15) is 5.10 Å². The van der Waals surface area contributed by atoms with Crippen molar-refractivity contribution in [3.8, 4) is 11.1 Å². The van der Waals surface area contributed by atoms with Crippen LogP contribution in [0.2, 0.25) is 0 Å². The fraction of sp³-hybridized carbons (Fsp3) is 0.190. The van der Waals surface area contributed by atoms with Gasteiger partial charge < -0.3 is 16.0 Å². The molecular weight excluding hydrogens is 354 g/mol. The molecule has 2 heterocycles. The Morgan fingerprint density at radius 2 is 2.07 bits per heavy atom. The number of amides is 2. The van der Waals surface area contributed by atoms with Crippen LogP contribution in [0.4, 0.5) is 5.69 Å². The number of nitrogens with zero attached hydrogens (tertiary/aromatic N) is 2. The molecule has 2 amide bonds. The molecule has 0 aliphatic carbocycles. The SMILES string of the molecule is C=C(CN1Cc2c(cc(N)cc2-c2ccc3n[nH]c(C)c3c2)C1=O)C(=O)NC. The Labute approximate surface area is 162 Å². The summed E-state index contributed by atoms with van der Waals surface area (Å²) < 4.78 is 0. The van der Waals surface area contributed by atoms with E-state index in [0.717, 1.165) is 33.3 Å². The van der Waals surface area contributed by atoms with Crippen LogP contribution in [0.1, 0.15) is 21.6 Å². The summed E-state index contributed by atoms with van der Waals surface area (Å²) in [5.74, 6) is -0.418. The predicted molar refractivity (Wildman–Crippen MR) is 109 cm³/mol. The van der Waals surface area contributed by atoms with Gasteiger partial charge in [-0.25, -0.2) is 0 Å². The van der Waals surface area contributed by atoms with Crippen molar-refractivity contribution < 1.29 is 9.59 Å². The topological polar surface area (TPSA) is 104 Å². The summed E-state index contributed by atoms with van der Waals surface area (Å²) in [6.45, 7) is 6.33. The van der Waals surface area contributed by atoms with E-state index in [4.69, 9.17) is 5.73 Å². The summed E-state index contributed by atoms with van der Waals surface area (Å²) in [5.41, 5.74) is 12.2. The van der Waals surface area contributed by atoms with E-state index in [1.807, 2.05) is 25.1 Å². The molecule has 7 nitrogen and oxygen atoms in total. The third-order valence-corrected chi connectivity index (χ3v) is 5.12. The largest absolute Gasteiger partial charge is 0.399 e. The van der Waals surface area contributed by atoms with Crippen molar-refractivity contribution in [2.75, 3.05) is 19.3 Å². The Morgan fingerprint density at radius 1 is 1.32 bits per heavy atom. The smallest absolute Gasteiger partial charge is 0.254 e. The molecule has 0 bridgehead atoms. The molecule has 0 spiro atoms. The molecule has 142 valence electrons. The quantitative estimate of drug-likeness (QED) is 0.481. The van der Waals surface area contributed by atoms with Crippen LogP contribution in [0.25, 0.3) is 22.0 Å². The van der Waals surface area contributed by atoms with Crippen LogP contribution in [0, 0.1) is 6.92 Å². The molecule has 0 radical (unpaired) electrons. The second kappa shape index (κ2) is 6.53. The zero-order valence-corrected chi connectivity index (χ0v) is 15.8. The average Bonchev–Trinajstić information content (AvgIpc) is 3.21. The molecule has 0 saturated heterocycles. The van der Waals surface area contributed by atoms with Gasteiger partial charge in [0, 0.05) is 41.5 Å². The van der Waals surface area contributed by atoms with Gasteiger partial charge in [0.25, 0.3) is 5.91 Å². The Hall–Kier alpha value is -3.61. The highest BCUT2D eigenvalue weighted by molar-refractivity contribution is 6.03. The maximum absolute atomic E-state index is 12.9. The second-order valence-corrected chi connectivity index (χ2v) is 7.02. The summed E-state index contributed by atoms with van der Waals surface area (Å²) in [4.78, 5) is 26.3. The van der Waals surface area contributed by atoms with E-state index >= 15 is 0 Å². The molecule has 0 fully saturated rings. The molecule has 1 aromatic heterocycles. The predicted octanol–water partition coefficient (Wildman–Crippen LogP) is 2.38. The molecule has 0 atom stereocenters. The molecule has 2 aromatic carbocycles. The van der Waals surface area contributed by atoms with Gasteiger partial charge in [-0.1, -0.05) is 12.6 Å². The van der Waals surface area contributed by atoms with E-state index in [2.05, 4.69) is 28.2 Å². The lowest BCUT2D eigenvalue weighted by Crippen LogP contribution is -2.31. The lowest BCUT2D eigenvalue weighted by Gasteiger charge is -2.16. The number of carbonyl (C=O) groups excluding carboxylic acids is 2. The van der Waals surface area contributed by atoms with Gasteiger partial charge in [0.1, 0.15) is 0 Å². The molecule has 0 unspecified atom stereocenters. The molecule has 1 aliphatic rings. The highest BCUT2D eigenvalue weighted by atomic mass is 16.2. The van der Waals surface area contributed by atoms with Crippen LogP contribution in [-0.2, 0) is 11.3 Å². The molecule has 4 N–H and O–H groups in total. The summed E-state index contributed by atoms with van der Waals surface area (Å²) in [5, 5.41) is 10.8. The van der Waals surface area contributed by atoms with Crippen molar-refractivity contribution >= 4 is 28.4 Å². The van der Waals surface area contributed by atoms with Crippen LogP contribution in [0.3, 0.4) is 0 Å². The van der Waals surface area contributed by atoms with Crippen LogP contribution in [0.5, 0.6) is 0 Å². The maximum Gasteiger partial charge on any atom is 0.254 e. The first-order valence-electron chi connectivity index (χ1n) is 8.95. The van der Waals surface area contributed by atoms with E-state index < -0.39 is 0 Å². The summed E-state index contributed by atoms with van der Waals surface area (Å²) in [7, 11) is 1.54. The van der Waals surface area contributed by atoms with E-state index in [0.29, 0.717) is 23.4 Å². The number of nitrogen functional groups attached to an aromatic ring is 1. The van der Waals surface area contributed by atoms with Crippen molar-refractivity contribution in [1.29, 1.82) is 0 Å². The van der Waals surface area contributed by atoms with Crippen LogP contribution < -0.4 is 11.1 Å². The summed E-state index contributed by atoms with van der Waals surface area (Å²) in [6, 6.07) is 9.57. The normalized spacial score (nSPS) is 13.1. The number of benzene rings is 2. The van der Waals surface area contributed by atoms with Crippen molar-refractivity contribution in [2.24, 2.45) is 0 Å². The Morgan fingerprint density at radius 3 is 2.82 bits per heavy atom. The van der Waals surface area contributed by atoms with Crippen LogP contribution >= 0.6 is 0 Å². The monoisotopic (exact) mass is 375 g/mol. The summed E-state index contributed by atoms with van der Waals surface area (Å²) in [6.07, 6.45) is 0. The number of likely N-dealkylation sites (N-methyl/N-ethyl adjacent to an activating group) is 1. The third kappa shape index (κ3) is 2.81. The molecule has 0 saturated carbocycles. The minimum absolute atomic E-state index is 0.144. The Bertz CT molecular complexity index is 1150. The number of anilines is 1. The molecular formula is C21H21N5O2. The van der Waals surface area contributed by atoms with E-state index in [-0.39, 0.29) is 18.4 Å². The number of aromatic nitrogens is 2. The van der Waals surface area contributed by atoms with E-state index in [9.17, 15) is 9.59 Å². The number of carbonyl (C=O) groups is 2. The van der Waals surface area contributed by atoms with Gasteiger partial charge in [-0.05, 0) is 47.9 Å². The molecule has 3 aromatic rings. The van der Waals surface area contributed by atoms with Gasteiger partial charge in [0.15, 0.2) is 0 Å². The molecule has 4 rings (SSSR count). The first-order valence-corrected chi connectivity index (χ1v) is 8.95. The Kier molecular flexibility index (Phi) is 4.15. The third-order valence-electron chi connectivity index (χ3n) is 5.12. The van der Waals surface area contributed by atoms with Gasteiger partial charge >= 0.3 is 0 Å². The number of nitrogens with two attached hydrogens (primary N) is 1. The van der Waals surface area contributed by atoms with Gasteiger partial charge in [-0.15, -0.1) is 0 Å². The fourth-order valence-electron chi connectivity index (χ4n) is 3.66. The van der Waals surface area contributed by atoms with Crippen molar-refractivity contribution in [1.82, 2.24) is 20.4 Å². The minimum Gasteiger partial charge on any atom is -0.399 e. The number of aryl methyl sites for hydroxylation is 1. The van der Waals surface area contributed by atoms with Crippen molar-refractivity contribution in [3.63, 3.8) is 0 Å². The zero-order valence-electron chi connectivity index (χ0n) is 15.8. The van der Waals surface area contributed by atoms with Crippen molar-refractivity contribution in [2.45, 2.75) is 13.5 Å². The van der Waals surface area contributed by atoms with E-state index in [1.165, 1.54) is 0 Å². The number of rotatable bonds is 4. The second-order valence-electron chi connectivity index (χ2n) is 7.02. The number of aromatic amines is 1. The van der Waals surface area contributed by atoms with Crippen molar-refractivity contribution in [3.05, 3.63) is 59.3 Å². The minimum atomic E-state index is -0.274. The number of nitrogens with one attached hydrogen (secondary N) is 2. The Balaban J connectivity index is 1.75. The maximum atomic E-state index is 12.9. The van der Waals surface area contributed by atoms with Gasteiger partial charge in [-0.3, -0.25) is 14.7 Å². The molecule has 1 aliphatic heterocycles. The number of hydrogen-bond donors (Lipinski definition) is 3. The summed E-state index contributed by atoms with van der Waals surface area (Å²) >= 11 is 0. The van der Waals surface area contributed by atoms with Crippen LogP contribution in [-0.4, -0.2) is 40.5 Å².